The summed E-state index contributed by atoms with van der Waals surface area (Å²) in [5, 5.41) is 0. The van der Waals surface area contributed by atoms with Crippen molar-refractivity contribution in [3.63, 3.8) is 0 Å². The number of aryl methyl sites for hydroxylation is 4. The zero-order valence-electron chi connectivity index (χ0n) is 19.9. The Labute approximate surface area is 193 Å². The molecule has 0 fully saturated rings. The van der Waals surface area contributed by atoms with Crippen LogP contribution in [0.1, 0.15) is 61.3 Å². The standard InChI is InChI=1S/C29H35N3/c1-5-22-12-9-13-23(6-2)28(22)30-20-18-26-16-11-17-27(32-26)19-21-31-29-24(7-3)14-10-15-25(29)8-4/h9-17,20-21H,5-8,18-19H2,1-4H3. The molecule has 0 spiro atoms. The van der Waals surface area contributed by atoms with Gasteiger partial charge in [-0.05, 0) is 60.1 Å². The van der Waals surface area contributed by atoms with Crippen LogP contribution in [0.25, 0.3) is 0 Å². The van der Waals surface area contributed by atoms with E-state index in [2.05, 4.69) is 82.3 Å². The van der Waals surface area contributed by atoms with Crippen LogP contribution in [0, 0.1) is 0 Å². The summed E-state index contributed by atoms with van der Waals surface area (Å²) < 4.78 is 0. The topological polar surface area (TPSA) is 37.6 Å². The average Bonchev–Trinajstić information content (AvgIpc) is 2.84. The van der Waals surface area contributed by atoms with Gasteiger partial charge in [-0.3, -0.25) is 15.0 Å². The van der Waals surface area contributed by atoms with E-state index in [0.29, 0.717) is 0 Å². The summed E-state index contributed by atoms with van der Waals surface area (Å²) in [5.41, 5.74) is 9.54. The van der Waals surface area contributed by atoms with E-state index in [1.54, 1.807) is 0 Å². The number of nitrogens with zero attached hydrogens (tertiary/aromatic N) is 3. The number of para-hydroxylation sites is 2. The monoisotopic (exact) mass is 425 g/mol. The maximum atomic E-state index is 4.82. The smallest absolute Gasteiger partial charge is 0.0689 e. The second kappa shape index (κ2) is 12.1. The molecule has 1 heterocycles. The van der Waals surface area contributed by atoms with E-state index < -0.39 is 0 Å². The molecule has 0 radical (unpaired) electrons. The summed E-state index contributed by atoms with van der Waals surface area (Å²) in [6, 6.07) is 19.2. The highest BCUT2D eigenvalue weighted by molar-refractivity contribution is 5.70. The number of rotatable bonds is 10. The van der Waals surface area contributed by atoms with Crippen LogP contribution >= 0.6 is 0 Å². The van der Waals surface area contributed by atoms with Gasteiger partial charge < -0.3 is 0 Å². The van der Waals surface area contributed by atoms with Gasteiger partial charge >= 0.3 is 0 Å². The van der Waals surface area contributed by atoms with E-state index in [9.17, 15) is 0 Å². The van der Waals surface area contributed by atoms with E-state index >= 15 is 0 Å². The molecule has 2 aromatic carbocycles. The third-order valence-electron chi connectivity index (χ3n) is 5.84. The lowest BCUT2D eigenvalue weighted by Crippen LogP contribution is -1.98. The Bertz CT molecular complexity index is 952. The van der Waals surface area contributed by atoms with Crippen molar-refractivity contribution in [2.45, 2.75) is 66.2 Å². The summed E-state index contributed by atoms with van der Waals surface area (Å²) in [6.45, 7) is 8.73. The lowest BCUT2D eigenvalue weighted by Gasteiger charge is -2.08. The van der Waals surface area contributed by atoms with E-state index in [-0.39, 0.29) is 0 Å². The predicted octanol–water partition coefficient (Wildman–Crippen LogP) is 7.22. The molecule has 0 N–H and O–H groups in total. The molecule has 32 heavy (non-hydrogen) atoms. The quantitative estimate of drug-likeness (QED) is 0.316. The summed E-state index contributed by atoms with van der Waals surface area (Å²) in [4.78, 5) is 14.5. The van der Waals surface area contributed by atoms with Crippen molar-refractivity contribution < 1.29 is 0 Å². The first-order valence-electron chi connectivity index (χ1n) is 11.9. The maximum absolute atomic E-state index is 4.82. The fourth-order valence-corrected chi connectivity index (χ4v) is 3.98. The summed E-state index contributed by atoms with van der Waals surface area (Å²) >= 11 is 0. The van der Waals surface area contributed by atoms with Gasteiger partial charge in [0.05, 0.1) is 11.4 Å². The molecule has 1 aromatic heterocycles. The zero-order valence-corrected chi connectivity index (χ0v) is 19.9. The van der Waals surface area contributed by atoms with Crippen molar-refractivity contribution in [1.29, 1.82) is 0 Å². The van der Waals surface area contributed by atoms with Gasteiger partial charge in [0, 0.05) is 36.7 Å². The predicted molar refractivity (Wildman–Crippen MR) is 138 cm³/mol. The lowest BCUT2D eigenvalue weighted by molar-refractivity contribution is 1.05. The fourth-order valence-electron chi connectivity index (χ4n) is 3.98. The number of benzene rings is 2. The molecule has 0 bridgehead atoms. The highest BCUT2D eigenvalue weighted by Crippen LogP contribution is 2.26. The fraction of sp³-hybridized carbons (Fsp3) is 0.345. The molecule has 0 amide bonds. The van der Waals surface area contributed by atoms with Gasteiger partial charge in [0.15, 0.2) is 0 Å². The number of hydrogen-bond acceptors (Lipinski definition) is 3. The first-order valence-corrected chi connectivity index (χ1v) is 11.9. The third kappa shape index (κ3) is 6.00. The Morgan fingerprint density at radius 3 is 1.25 bits per heavy atom. The molecule has 3 heteroatoms. The Balaban J connectivity index is 1.70. The first-order chi connectivity index (χ1) is 15.7. The molecule has 0 saturated heterocycles. The highest BCUT2D eigenvalue weighted by Gasteiger charge is 2.05. The molecule has 0 atom stereocenters. The lowest BCUT2D eigenvalue weighted by atomic mass is 10.0. The Morgan fingerprint density at radius 2 is 0.906 bits per heavy atom. The van der Waals surface area contributed by atoms with Crippen LogP contribution < -0.4 is 0 Å². The minimum atomic E-state index is 0.727. The average molecular weight is 426 g/mol. The van der Waals surface area contributed by atoms with Gasteiger partial charge in [-0.1, -0.05) is 70.2 Å². The van der Waals surface area contributed by atoms with E-state index in [0.717, 1.165) is 61.3 Å². The molecule has 3 rings (SSSR count). The Morgan fingerprint density at radius 1 is 0.562 bits per heavy atom. The number of hydrogen-bond donors (Lipinski definition) is 0. The van der Waals surface area contributed by atoms with Crippen LogP contribution in [0.3, 0.4) is 0 Å². The molecule has 3 nitrogen and oxygen atoms in total. The van der Waals surface area contributed by atoms with Gasteiger partial charge in [-0.25, -0.2) is 0 Å². The minimum absolute atomic E-state index is 0.727. The van der Waals surface area contributed by atoms with Crippen LogP contribution in [0.2, 0.25) is 0 Å². The van der Waals surface area contributed by atoms with Gasteiger partial charge in [-0.15, -0.1) is 0 Å². The molecule has 0 aliphatic heterocycles. The minimum Gasteiger partial charge on any atom is -0.260 e. The van der Waals surface area contributed by atoms with Crippen LogP contribution in [0.15, 0.2) is 64.6 Å². The molecule has 3 aromatic rings. The second-order valence-electron chi connectivity index (χ2n) is 7.92. The second-order valence-corrected chi connectivity index (χ2v) is 7.92. The van der Waals surface area contributed by atoms with Crippen molar-refractivity contribution in [2.75, 3.05) is 0 Å². The number of aliphatic imine (C=N–C) groups is 2. The van der Waals surface area contributed by atoms with Crippen molar-refractivity contribution in [3.8, 4) is 0 Å². The van der Waals surface area contributed by atoms with Crippen LogP contribution in [0.4, 0.5) is 11.4 Å². The molecule has 0 unspecified atom stereocenters. The number of pyridine rings is 1. The zero-order chi connectivity index (χ0) is 22.8. The van der Waals surface area contributed by atoms with Gasteiger partial charge in [0.25, 0.3) is 0 Å². The van der Waals surface area contributed by atoms with Crippen LogP contribution in [0.5, 0.6) is 0 Å². The van der Waals surface area contributed by atoms with Gasteiger partial charge in [-0.2, -0.15) is 0 Å². The molecule has 0 aliphatic rings. The summed E-state index contributed by atoms with van der Waals surface area (Å²) in [6.07, 6.45) is 9.43. The first kappa shape index (κ1) is 23.6. The molecular weight excluding hydrogens is 390 g/mol. The third-order valence-corrected chi connectivity index (χ3v) is 5.84. The van der Waals surface area contributed by atoms with Gasteiger partial charge in [0.1, 0.15) is 0 Å². The van der Waals surface area contributed by atoms with Crippen molar-refractivity contribution in [2.24, 2.45) is 9.98 Å². The van der Waals surface area contributed by atoms with Crippen molar-refractivity contribution in [1.82, 2.24) is 4.98 Å². The van der Waals surface area contributed by atoms with Crippen LogP contribution in [-0.2, 0) is 38.5 Å². The van der Waals surface area contributed by atoms with E-state index in [1.807, 2.05) is 12.4 Å². The van der Waals surface area contributed by atoms with Gasteiger partial charge in [0.2, 0.25) is 0 Å². The molecular formula is C29H35N3. The molecule has 166 valence electrons. The van der Waals surface area contributed by atoms with E-state index in [4.69, 9.17) is 15.0 Å². The summed E-state index contributed by atoms with van der Waals surface area (Å²) in [5.74, 6) is 0. The van der Waals surface area contributed by atoms with Crippen molar-refractivity contribution in [3.05, 3.63) is 88.2 Å². The Kier molecular flexibility index (Phi) is 8.91. The molecule has 0 aliphatic carbocycles. The largest absolute Gasteiger partial charge is 0.260 e. The number of aromatic nitrogens is 1. The van der Waals surface area contributed by atoms with E-state index in [1.165, 1.54) is 22.3 Å². The van der Waals surface area contributed by atoms with Crippen molar-refractivity contribution >= 4 is 23.8 Å². The normalized spacial score (nSPS) is 11.6. The highest BCUT2D eigenvalue weighted by atomic mass is 14.8. The van der Waals surface area contributed by atoms with Crippen LogP contribution in [-0.4, -0.2) is 17.4 Å². The Hall–Kier alpha value is -3.07. The molecule has 0 saturated carbocycles. The SMILES string of the molecule is CCc1cccc(CC)c1N=CCc1cccc(CC=Nc2c(CC)cccc2CC)n1. The maximum Gasteiger partial charge on any atom is 0.0689 e. The summed E-state index contributed by atoms with van der Waals surface area (Å²) in [7, 11) is 0.